The fraction of sp³-hybridized carbons (Fsp3) is 0.417. The molecular formula is C12H15FO2. The topological polar surface area (TPSA) is 26.3 Å². The van der Waals surface area contributed by atoms with Gasteiger partial charge >= 0.3 is 0 Å². The molecule has 0 amide bonds. The van der Waals surface area contributed by atoms with Crippen LogP contribution in [0.2, 0.25) is 0 Å². The van der Waals surface area contributed by atoms with E-state index < -0.39 is 5.82 Å². The zero-order valence-corrected chi connectivity index (χ0v) is 9.21. The first-order chi connectivity index (χ1) is 7.11. The standard InChI is InChI=1S/C12H15FO2/c1-4-8(2)12(14)9-6-5-7-10(15-3)11(9)13/h5-8H,4H2,1-3H3. The number of ketones is 1. The Balaban J connectivity index is 3.09. The summed E-state index contributed by atoms with van der Waals surface area (Å²) in [6.45, 7) is 3.70. The first-order valence-electron chi connectivity index (χ1n) is 4.98. The molecule has 0 saturated carbocycles. The van der Waals surface area contributed by atoms with Crippen molar-refractivity contribution in [1.82, 2.24) is 0 Å². The minimum absolute atomic E-state index is 0.115. The summed E-state index contributed by atoms with van der Waals surface area (Å²) in [7, 11) is 1.38. The number of carbonyl (C=O) groups excluding carboxylic acids is 1. The lowest BCUT2D eigenvalue weighted by molar-refractivity contribution is 0.0922. The molecule has 0 radical (unpaired) electrons. The van der Waals surface area contributed by atoms with Crippen LogP contribution in [0.3, 0.4) is 0 Å². The number of hydrogen-bond acceptors (Lipinski definition) is 2. The highest BCUT2D eigenvalue weighted by Gasteiger charge is 2.19. The monoisotopic (exact) mass is 210 g/mol. The van der Waals surface area contributed by atoms with E-state index in [1.807, 2.05) is 6.92 Å². The SMILES string of the molecule is CCC(C)C(=O)c1cccc(OC)c1F. The number of halogens is 1. The second-order valence-electron chi connectivity index (χ2n) is 3.50. The maximum absolute atomic E-state index is 13.7. The number of ether oxygens (including phenoxy) is 1. The van der Waals surface area contributed by atoms with Crippen LogP contribution in [-0.2, 0) is 0 Å². The van der Waals surface area contributed by atoms with Gasteiger partial charge in [0.15, 0.2) is 17.3 Å². The van der Waals surface area contributed by atoms with Crippen molar-refractivity contribution < 1.29 is 13.9 Å². The molecule has 15 heavy (non-hydrogen) atoms. The highest BCUT2D eigenvalue weighted by atomic mass is 19.1. The molecule has 1 rings (SSSR count). The van der Waals surface area contributed by atoms with E-state index in [4.69, 9.17) is 4.74 Å². The number of rotatable bonds is 4. The Labute approximate surface area is 89.1 Å². The van der Waals surface area contributed by atoms with Crippen LogP contribution in [-0.4, -0.2) is 12.9 Å². The molecule has 0 N–H and O–H groups in total. The van der Waals surface area contributed by atoms with Crippen molar-refractivity contribution in [2.45, 2.75) is 20.3 Å². The van der Waals surface area contributed by atoms with Gasteiger partial charge in [0, 0.05) is 5.92 Å². The average Bonchev–Trinajstić information content (AvgIpc) is 2.27. The van der Waals surface area contributed by atoms with Gasteiger partial charge in [0.1, 0.15) is 0 Å². The van der Waals surface area contributed by atoms with Crippen LogP contribution in [0.1, 0.15) is 30.6 Å². The van der Waals surface area contributed by atoms with Gasteiger partial charge in [-0.15, -0.1) is 0 Å². The third-order valence-electron chi connectivity index (χ3n) is 2.51. The Morgan fingerprint density at radius 1 is 1.53 bits per heavy atom. The lowest BCUT2D eigenvalue weighted by atomic mass is 9.96. The van der Waals surface area contributed by atoms with Crippen LogP contribution in [0.25, 0.3) is 0 Å². The minimum atomic E-state index is -0.565. The Kier molecular flexibility index (Phi) is 3.83. The van der Waals surface area contributed by atoms with Crippen molar-refractivity contribution in [3.63, 3.8) is 0 Å². The number of hydrogen-bond donors (Lipinski definition) is 0. The van der Waals surface area contributed by atoms with Gasteiger partial charge in [-0.05, 0) is 18.6 Å². The highest BCUT2D eigenvalue weighted by molar-refractivity contribution is 5.98. The van der Waals surface area contributed by atoms with E-state index in [1.54, 1.807) is 13.0 Å². The lowest BCUT2D eigenvalue weighted by Crippen LogP contribution is -2.12. The molecule has 0 heterocycles. The number of benzene rings is 1. The van der Waals surface area contributed by atoms with Crippen LogP contribution in [0, 0.1) is 11.7 Å². The third-order valence-corrected chi connectivity index (χ3v) is 2.51. The molecule has 0 bridgehead atoms. The van der Waals surface area contributed by atoms with Crippen molar-refractivity contribution in [2.24, 2.45) is 5.92 Å². The minimum Gasteiger partial charge on any atom is -0.494 e. The number of methoxy groups -OCH3 is 1. The normalized spacial score (nSPS) is 12.3. The van der Waals surface area contributed by atoms with E-state index >= 15 is 0 Å². The smallest absolute Gasteiger partial charge is 0.175 e. The molecule has 1 atom stereocenters. The molecule has 0 saturated heterocycles. The molecule has 82 valence electrons. The summed E-state index contributed by atoms with van der Waals surface area (Å²) >= 11 is 0. The zero-order chi connectivity index (χ0) is 11.4. The summed E-state index contributed by atoms with van der Waals surface area (Å²) in [5.41, 5.74) is 0.115. The Morgan fingerprint density at radius 3 is 2.73 bits per heavy atom. The molecule has 0 aromatic heterocycles. The van der Waals surface area contributed by atoms with Crippen molar-refractivity contribution in [2.75, 3.05) is 7.11 Å². The molecule has 0 fully saturated rings. The van der Waals surface area contributed by atoms with E-state index in [0.717, 1.165) is 0 Å². The second kappa shape index (κ2) is 4.91. The first kappa shape index (κ1) is 11.7. The highest BCUT2D eigenvalue weighted by Crippen LogP contribution is 2.22. The largest absolute Gasteiger partial charge is 0.494 e. The predicted octanol–water partition coefficient (Wildman–Crippen LogP) is 3.06. The van der Waals surface area contributed by atoms with Crippen LogP contribution in [0.15, 0.2) is 18.2 Å². The van der Waals surface area contributed by atoms with Gasteiger partial charge in [0.2, 0.25) is 0 Å². The van der Waals surface area contributed by atoms with Crippen molar-refractivity contribution in [3.05, 3.63) is 29.6 Å². The zero-order valence-electron chi connectivity index (χ0n) is 9.21. The second-order valence-corrected chi connectivity index (χ2v) is 3.50. The molecule has 0 aliphatic rings. The predicted molar refractivity (Wildman–Crippen MR) is 56.7 cm³/mol. The molecule has 2 nitrogen and oxygen atoms in total. The fourth-order valence-electron chi connectivity index (χ4n) is 1.31. The summed E-state index contributed by atoms with van der Waals surface area (Å²) in [6, 6.07) is 4.62. The van der Waals surface area contributed by atoms with E-state index in [-0.39, 0.29) is 23.0 Å². The Bertz CT molecular complexity index is 361. The van der Waals surface area contributed by atoms with Crippen LogP contribution >= 0.6 is 0 Å². The summed E-state index contributed by atoms with van der Waals surface area (Å²) < 4.78 is 18.5. The van der Waals surface area contributed by atoms with Crippen molar-refractivity contribution >= 4 is 5.78 Å². The molecule has 0 spiro atoms. The van der Waals surface area contributed by atoms with E-state index in [1.165, 1.54) is 19.2 Å². The fourth-order valence-corrected chi connectivity index (χ4v) is 1.31. The van der Waals surface area contributed by atoms with E-state index in [9.17, 15) is 9.18 Å². The molecular weight excluding hydrogens is 195 g/mol. The summed E-state index contributed by atoms with van der Waals surface area (Å²) in [4.78, 5) is 11.8. The van der Waals surface area contributed by atoms with E-state index in [0.29, 0.717) is 6.42 Å². The summed E-state index contributed by atoms with van der Waals surface area (Å²) in [6.07, 6.45) is 0.704. The quantitative estimate of drug-likeness (QED) is 0.714. The van der Waals surface area contributed by atoms with Crippen LogP contribution < -0.4 is 4.74 Å². The molecule has 0 aliphatic heterocycles. The van der Waals surface area contributed by atoms with Gasteiger partial charge in [0.25, 0.3) is 0 Å². The maximum Gasteiger partial charge on any atom is 0.175 e. The van der Waals surface area contributed by atoms with Crippen LogP contribution in [0.4, 0.5) is 4.39 Å². The van der Waals surface area contributed by atoms with Crippen molar-refractivity contribution in [1.29, 1.82) is 0 Å². The van der Waals surface area contributed by atoms with Gasteiger partial charge < -0.3 is 4.74 Å². The maximum atomic E-state index is 13.7. The first-order valence-corrected chi connectivity index (χ1v) is 4.98. The van der Waals surface area contributed by atoms with Gasteiger partial charge in [-0.25, -0.2) is 4.39 Å². The number of carbonyl (C=O) groups is 1. The molecule has 1 aromatic carbocycles. The molecule has 1 unspecified atom stereocenters. The van der Waals surface area contributed by atoms with Crippen molar-refractivity contribution in [3.8, 4) is 5.75 Å². The Hall–Kier alpha value is -1.38. The van der Waals surface area contributed by atoms with Gasteiger partial charge in [-0.2, -0.15) is 0 Å². The molecule has 0 aliphatic carbocycles. The molecule has 1 aromatic rings. The lowest BCUT2D eigenvalue weighted by Gasteiger charge is -2.10. The molecule has 3 heteroatoms. The summed E-state index contributed by atoms with van der Waals surface area (Å²) in [5, 5.41) is 0. The number of Topliss-reactive ketones (excluding diaryl/α,β-unsaturated/α-hetero) is 1. The van der Waals surface area contributed by atoms with E-state index in [2.05, 4.69) is 0 Å². The third kappa shape index (κ3) is 2.35. The van der Waals surface area contributed by atoms with Gasteiger partial charge in [-0.3, -0.25) is 4.79 Å². The van der Waals surface area contributed by atoms with Gasteiger partial charge in [0.05, 0.1) is 12.7 Å². The average molecular weight is 210 g/mol. The summed E-state index contributed by atoms with van der Waals surface area (Å²) in [5.74, 6) is -0.782. The van der Waals surface area contributed by atoms with Gasteiger partial charge in [-0.1, -0.05) is 19.9 Å². The Morgan fingerprint density at radius 2 is 2.20 bits per heavy atom. The van der Waals surface area contributed by atoms with Crippen LogP contribution in [0.5, 0.6) is 5.75 Å².